The average Bonchev–Trinajstić information content (AvgIpc) is 3.38. The van der Waals surface area contributed by atoms with Crippen LogP contribution in [0.2, 0.25) is 38.5 Å². The monoisotopic (exact) mass is 446 g/mol. The third-order valence-corrected chi connectivity index (χ3v) is 76.6. The summed E-state index contributed by atoms with van der Waals surface area (Å²) in [4.78, 5) is 11.7. The molecule has 10 aliphatic heterocycles. The van der Waals surface area contributed by atoms with Gasteiger partial charge in [-0.1, -0.05) is 0 Å². The Kier molecular flexibility index (Phi) is 0.949. The standard InChI is InChI=1S/C19H35P2.C5H5.Fe/c1-14(2)20(15(3)4)16-12-11-13-17(16)21(18(5,6)7)19(8,9)10;1-2-4-5-3-1;/h11-15H,1-10H3;1-5H;. The van der Waals surface area contributed by atoms with Gasteiger partial charge in [-0.05, 0) is 0 Å². The van der Waals surface area contributed by atoms with Gasteiger partial charge in [0.25, 0.3) is 0 Å². The second-order valence-electron chi connectivity index (χ2n) is 16.9. The summed E-state index contributed by atoms with van der Waals surface area (Å²) < 4.78 is 2.13. The Morgan fingerprint density at radius 3 is 1.26 bits per heavy atom. The molecule has 10 heterocycles. The molecule has 10 aliphatic rings. The van der Waals surface area contributed by atoms with Crippen molar-refractivity contribution in [3.63, 3.8) is 0 Å². The van der Waals surface area contributed by atoms with E-state index < -0.39 is 6.51 Å². The van der Waals surface area contributed by atoms with Crippen LogP contribution >= 0.6 is 15.8 Å². The van der Waals surface area contributed by atoms with Gasteiger partial charge in [0.05, 0.1) is 0 Å². The zero-order chi connectivity index (χ0) is 19.2. The minimum absolute atomic E-state index is 0.125. The quantitative estimate of drug-likeness (QED) is 0.300. The van der Waals surface area contributed by atoms with Gasteiger partial charge >= 0.3 is 160 Å². The summed E-state index contributed by atoms with van der Waals surface area (Å²) in [5, 5.41) is 1.13. The van der Waals surface area contributed by atoms with Gasteiger partial charge in [-0.3, -0.25) is 0 Å². The second-order valence-corrected chi connectivity index (χ2v) is 48.6. The van der Waals surface area contributed by atoms with Crippen molar-refractivity contribution < 1.29 is 6.51 Å². The SMILES string of the molecule is CC(C)P(C(C)C)[C]12[CH]3[CH]4[CH]5[C]1(P(C(C)(C)C)C(C)(C)C)[Fe]43521678[CH]2[CH]1[CH]6[CH]7[CH]28. The van der Waals surface area contributed by atoms with E-state index >= 15 is 0 Å². The Bertz CT molecular complexity index is 1220. The third kappa shape index (κ3) is 0.260. The number of hydrogen-bond donors (Lipinski definition) is 0. The molecule has 0 saturated carbocycles. The van der Waals surface area contributed by atoms with E-state index in [9.17, 15) is 0 Å². The van der Waals surface area contributed by atoms with Crippen LogP contribution in [0.3, 0.4) is 0 Å². The number of fused-ring (bicyclic) bond motifs is 10. The summed E-state index contributed by atoms with van der Waals surface area (Å²) in [6.45, 7) is 23.5. The van der Waals surface area contributed by atoms with Crippen LogP contribution in [0.5, 0.6) is 0 Å². The fourth-order valence-corrected chi connectivity index (χ4v) is 132. The Morgan fingerprint density at radius 1 is 0.630 bits per heavy atom. The van der Waals surface area contributed by atoms with E-state index in [2.05, 4.69) is 69.2 Å². The first-order chi connectivity index (χ1) is 12.1. The van der Waals surface area contributed by atoms with E-state index in [0.717, 1.165) is 19.4 Å². The molecule has 0 N–H and O–H groups in total. The van der Waals surface area contributed by atoms with Gasteiger partial charge in [-0.25, -0.2) is 0 Å². The van der Waals surface area contributed by atoms with Gasteiger partial charge in [-0.2, -0.15) is 0 Å². The van der Waals surface area contributed by atoms with Gasteiger partial charge in [0, 0.05) is 0 Å². The average molecular weight is 446 g/mol. The van der Waals surface area contributed by atoms with Crippen molar-refractivity contribution in [1.29, 1.82) is 0 Å². The molecule has 0 bridgehead atoms. The molecule has 0 aromatic rings. The van der Waals surface area contributed by atoms with E-state index in [0.29, 0.717) is 10.3 Å². The molecular weight excluding hydrogens is 406 g/mol. The molecule has 0 aromatic carbocycles. The Hall–Kier alpha value is 1.38. The van der Waals surface area contributed by atoms with Crippen molar-refractivity contribution in [2.75, 3.05) is 0 Å². The van der Waals surface area contributed by atoms with Crippen LogP contribution in [0.15, 0.2) is 0 Å². The van der Waals surface area contributed by atoms with Gasteiger partial charge < -0.3 is 0 Å². The molecule has 27 heavy (non-hydrogen) atoms. The molecule has 0 aromatic heterocycles. The van der Waals surface area contributed by atoms with Crippen LogP contribution in [0.1, 0.15) is 69.2 Å². The first-order valence-electron chi connectivity index (χ1n) is 11.9. The van der Waals surface area contributed by atoms with Crippen LogP contribution < -0.4 is 0 Å². The van der Waals surface area contributed by atoms with Gasteiger partial charge in [-0.15, -0.1) is 0 Å². The maximum atomic E-state index is 2.69. The van der Waals surface area contributed by atoms with E-state index in [1.807, 2.05) is 0 Å². The van der Waals surface area contributed by atoms with E-state index in [1.54, 1.807) is 0 Å². The van der Waals surface area contributed by atoms with E-state index in [-0.39, 0.29) is 15.8 Å². The molecule has 3 heteroatoms. The molecule has 154 valence electrons. The topological polar surface area (TPSA) is 0 Å². The molecule has 10 fully saturated rings. The van der Waals surface area contributed by atoms with E-state index in [4.69, 9.17) is 0 Å². The Balaban J connectivity index is 1.40. The normalized spacial score (nSPS) is 84.5. The molecule has 0 radical (unpaired) electrons. The van der Waals surface area contributed by atoms with Gasteiger partial charge in [0.1, 0.15) is 0 Å². The van der Waals surface area contributed by atoms with Crippen molar-refractivity contribution in [1.82, 2.24) is 0 Å². The molecule has 5 unspecified atom stereocenters. The van der Waals surface area contributed by atoms with Crippen molar-refractivity contribution in [3.8, 4) is 0 Å². The molecule has 0 nitrogen and oxygen atoms in total. The number of hydrogen-bond acceptors (Lipinski definition) is 0. The van der Waals surface area contributed by atoms with Crippen molar-refractivity contribution >= 4 is 15.8 Å². The summed E-state index contributed by atoms with van der Waals surface area (Å²) in [6, 6.07) is 0. The zero-order valence-corrected chi connectivity index (χ0v) is 21.9. The summed E-state index contributed by atoms with van der Waals surface area (Å²) in [6.07, 6.45) is 0. The predicted octanol–water partition coefficient (Wildman–Crippen LogP) is 8.57. The maximum absolute atomic E-state index is 3.34. The first kappa shape index (κ1) is 15.2. The zero-order valence-electron chi connectivity index (χ0n) is 19.0. The summed E-state index contributed by atoms with van der Waals surface area (Å²) in [7, 11) is 0.370. The Labute approximate surface area is 159 Å². The van der Waals surface area contributed by atoms with Gasteiger partial charge in [0.2, 0.25) is 0 Å². The van der Waals surface area contributed by atoms with Crippen LogP contribution in [0.4, 0.5) is 0 Å². The molecule has 10 saturated heterocycles. The summed E-state index contributed by atoms with van der Waals surface area (Å²) >= 11 is 0. The summed E-state index contributed by atoms with van der Waals surface area (Å²) in [5.74, 6) is 0. The predicted molar refractivity (Wildman–Crippen MR) is 119 cm³/mol. The fraction of sp³-hybridized carbons (Fsp3) is 1.00. The van der Waals surface area contributed by atoms with Crippen LogP contribution in [0.25, 0.3) is 0 Å². The minimum atomic E-state index is -3.34. The molecule has 0 amide bonds. The van der Waals surface area contributed by atoms with Crippen LogP contribution in [-0.4, -0.2) is 29.7 Å². The second kappa shape index (κ2) is 1.68. The van der Waals surface area contributed by atoms with Crippen LogP contribution in [0, 0.1) is 0 Å². The van der Waals surface area contributed by atoms with Crippen molar-refractivity contribution in [3.05, 3.63) is 0 Å². The number of rotatable bonds is 4. The molecule has 0 aliphatic carbocycles. The van der Waals surface area contributed by atoms with Crippen LogP contribution in [-0.2, 0) is 6.51 Å². The third-order valence-electron chi connectivity index (χ3n) is 17.9. The molecule has 1 spiro atoms. The molecule has 5 atom stereocenters. The van der Waals surface area contributed by atoms with Gasteiger partial charge in [0.15, 0.2) is 0 Å². The fourth-order valence-electron chi connectivity index (χ4n) is 21.0. The van der Waals surface area contributed by atoms with Crippen molar-refractivity contribution in [2.24, 2.45) is 0 Å². The Morgan fingerprint density at radius 2 is 1.00 bits per heavy atom. The summed E-state index contributed by atoms with van der Waals surface area (Å²) in [5.41, 5.74) is 1.99. The molecular formula is C24H40FeP2. The van der Waals surface area contributed by atoms with Crippen molar-refractivity contribution in [2.45, 2.75) is 138 Å². The molecule has 10 rings (SSSR count). The first-order valence-corrected chi connectivity index (χ1v) is 20.9. The van der Waals surface area contributed by atoms with E-state index in [1.165, 1.54) is 38.5 Å².